The minimum atomic E-state index is -0.133. The lowest BCUT2D eigenvalue weighted by Crippen LogP contribution is -2.27. The molecule has 0 unspecified atom stereocenters. The molecule has 0 spiro atoms. The second-order valence-corrected chi connectivity index (χ2v) is 5.46. The van der Waals surface area contributed by atoms with Crippen molar-refractivity contribution in [1.82, 2.24) is 19.9 Å². The molecule has 1 amide bonds. The number of hydrogen-bond donors (Lipinski definition) is 0. The highest BCUT2D eigenvalue weighted by Gasteiger charge is 2.14. The molecule has 0 saturated carbocycles. The van der Waals surface area contributed by atoms with Gasteiger partial charge in [-0.05, 0) is 30.3 Å². The summed E-state index contributed by atoms with van der Waals surface area (Å²) >= 11 is 0. The van der Waals surface area contributed by atoms with Gasteiger partial charge < -0.3 is 9.64 Å². The quantitative estimate of drug-likeness (QED) is 0.718. The maximum atomic E-state index is 12.5. The van der Waals surface area contributed by atoms with Crippen molar-refractivity contribution in [3.8, 4) is 17.0 Å². The molecule has 6 heteroatoms. The molecule has 0 bridgehead atoms. The lowest BCUT2D eigenvalue weighted by Gasteiger charge is -2.16. The number of pyridine rings is 1. The molecule has 25 heavy (non-hydrogen) atoms. The van der Waals surface area contributed by atoms with Crippen LogP contribution < -0.4 is 4.74 Å². The topological polar surface area (TPSA) is 68.2 Å². The van der Waals surface area contributed by atoms with Gasteiger partial charge in [-0.25, -0.2) is 9.97 Å². The third kappa shape index (κ3) is 3.80. The Morgan fingerprint density at radius 1 is 1.04 bits per heavy atom. The predicted octanol–water partition coefficient (Wildman–Crippen LogP) is 2.82. The van der Waals surface area contributed by atoms with Crippen molar-refractivity contribution in [3.05, 3.63) is 72.4 Å². The van der Waals surface area contributed by atoms with Gasteiger partial charge in [0.1, 0.15) is 11.6 Å². The van der Waals surface area contributed by atoms with Gasteiger partial charge in [0.25, 0.3) is 5.91 Å². The summed E-state index contributed by atoms with van der Waals surface area (Å²) in [6.07, 6.45) is 4.89. The van der Waals surface area contributed by atoms with Gasteiger partial charge in [0.05, 0.1) is 24.9 Å². The van der Waals surface area contributed by atoms with Crippen LogP contribution in [0.5, 0.6) is 5.75 Å². The molecule has 0 fully saturated rings. The van der Waals surface area contributed by atoms with E-state index in [1.54, 1.807) is 49.8 Å². The van der Waals surface area contributed by atoms with Gasteiger partial charge in [-0.2, -0.15) is 0 Å². The molecule has 0 aliphatic rings. The fraction of sp³-hybridized carbons (Fsp3) is 0.158. The van der Waals surface area contributed by atoms with E-state index in [0.29, 0.717) is 17.9 Å². The minimum Gasteiger partial charge on any atom is -0.496 e. The molecule has 0 radical (unpaired) electrons. The van der Waals surface area contributed by atoms with Crippen molar-refractivity contribution in [2.45, 2.75) is 6.54 Å². The Morgan fingerprint density at radius 2 is 1.80 bits per heavy atom. The summed E-state index contributed by atoms with van der Waals surface area (Å²) in [5.74, 6) is 1.20. The standard InChI is InChI=1S/C19H18N4O2/c1-23(13-18-20-10-5-11-21-18)19(24)14-8-9-16(22-12-14)15-6-3-4-7-17(15)25-2/h3-12H,13H2,1-2H3. The lowest BCUT2D eigenvalue weighted by atomic mass is 10.1. The Bertz CT molecular complexity index is 851. The summed E-state index contributed by atoms with van der Waals surface area (Å²) in [5, 5.41) is 0. The monoisotopic (exact) mass is 334 g/mol. The first-order valence-electron chi connectivity index (χ1n) is 7.80. The van der Waals surface area contributed by atoms with Crippen LogP contribution in [0.2, 0.25) is 0 Å². The number of hydrogen-bond acceptors (Lipinski definition) is 5. The van der Waals surface area contributed by atoms with E-state index in [1.807, 2.05) is 30.3 Å². The van der Waals surface area contributed by atoms with Crippen LogP contribution in [-0.4, -0.2) is 39.9 Å². The van der Waals surface area contributed by atoms with Gasteiger partial charge in [0, 0.05) is 31.2 Å². The third-order valence-corrected chi connectivity index (χ3v) is 3.74. The van der Waals surface area contributed by atoms with E-state index in [4.69, 9.17) is 4.74 Å². The van der Waals surface area contributed by atoms with Gasteiger partial charge in [-0.3, -0.25) is 9.78 Å². The molecule has 0 atom stereocenters. The van der Waals surface area contributed by atoms with E-state index in [0.717, 1.165) is 17.0 Å². The SMILES string of the molecule is COc1ccccc1-c1ccc(C(=O)N(C)Cc2ncccn2)cn1. The summed E-state index contributed by atoms with van der Waals surface area (Å²) < 4.78 is 5.35. The molecule has 0 saturated heterocycles. The van der Waals surface area contributed by atoms with Gasteiger partial charge in [-0.15, -0.1) is 0 Å². The molecule has 126 valence electrons. The Kier molecular flexibility index (Phi) is 4.99. The number of aromatic nitrogens is 3. The highest BCUT2D eigenvalue weighted by Crippen LogP contribution is 2.27. The number of para-hydroxylation sites is 1. The maximum Gasteiger partial charge on any atom is 0.255 e. The molecule has 3 rings (SSSR count). The zero-order valence-electron chi connectivity index (χ0n) is 14.1. The third-order valence-electron chi connectivity index (χ3n) is 3.74. The molecule has 2 aromatic heterocycles. The van der Waals surface area contributed by atoms with Crippen molar-refractivity contribution in [2.75, 3.05) is 14.2 Å². The van der Waals surface area contributed by atoms with Crippen LogP contribution in [0.3, 0.4) is 0 Å². The summed E-state index contributed by atoms with van der Waals surface area (Å²) in [6.45, 7) is 0.341. The summed E-state index contributed by atoms with van der Waals surface area (Å²) in [7, 11) is 3.34. The van der Waals surface area contributed by atoms with E-state index in [1.165, 1.54) is 0 Å². The molecule has 2 heterocycles. The number of benzene rings is 1. The van der Waals surface area contributed by atoms with Crippen LogP contribution in [0, 0.1) is 0 Å². The highest BCUT2D eigenvalue weighted by molar-refractivity contribution is 5.94. The molecule has 0 N–H and O–H groups in total. The average Bonchev–Trinajstić information content (AvgIpc) is 2.68. The second-order valence-electron chi connectivity index (χ2n) is 5.46. The fourth-order valence-electron chi connectivity index (χ4n) is 2.45. The molecular weight excluding hydrogens is 316 g/mol. The Hall–Kier alpha value is -3.28. The molecule has 0 aliphatic carbocycles. The van der Waals surface area contributed by atoms with Crippen LogP contribution in [0.15, 0.2) is 61.1 Å². The second kappa shape index (κ2) is 7.53. The van der Waals surface area contributed by atoms with Crippen molar-refractivity contribution in [3.63, 3.8) is 0 Å². The Labute approximate surface area is 146 Å². The number of carbonyl (C=O) groups excluding carboxylic acids is 1. The summed E-state index contributed by atoms with van der Waals surface area (Å²) in [4.78, 5) is 26.8. The summed E-state index contributed by atoms with van der Waals surface area (Å²) in [6, 6.07) is 13.0. The molecule has 3 aromatic rings. The zero-order valence-corrected chi connectivity index (χ0v) is 14.1. The maximum absolute atomic E-state index is 12.5. The van der Waals surface area contributed by atoms with Gasteiger partial charge >= 0.3 is 0 Å². The number of carbonyl (C=O) groups is 1. The van der Waals surface area contributed by atoms with Crippen LogP contribution in [0.4, 0.5) is 0 Å². The largest absolute Gasteiger partial charge is 0.496 e. The predicted molar refractivity (Wildman–Crippen MR) is 94.1 cm³/mol. The van der Waals surface area contributed by atoms with Crippen LogP contribution in [-0.2, 0) is 6.54 Å². The first-order valence-corrected chi connectivity index (χ1v) is 7.80. The van der Waals surface area contributed by atoms with Crippen LogP contribution >= 0.6 is 0 Å². The number of amides is 1. The van der Waals surface area contributed by atoms with Crippen molar-refractivity contribution in [1.29, 1.82) is 0 Å². The fourth-order valence-corrected chi connectivity index (χ4v) is 2.45. The molecule has 1 aromatic carbocycles. The van der Waals surface area contributed by atoms with Crippen LogP contribution in [0.1, 0.15) is 16.2 Å². The molecule has 6 nitrogen and oxygen atoms in total. The van der Waals surface area contributed by atoms with Gasteiger partial charge in [0.2, 0.25) is 0 Å². The smallest absolute Gasteiger partial charge is 0.255 e. The molecular formula is C19H18N4O2. The van der Waals surface area contributed by atoms with Gasteiger partial charge in [0.15, 0.2) is 0 Å². The van der Waals surface area contributed by atoms with E-state index in [-0.39, 0.29) is 5.91 Å². The van der Waals surface area contributed by atoms with Crippen molar-refractivity contribution in [2.24, 2.45) is 0 Å². The normalized spacial score (nSPS) is 10.3. The van der Waals surface area contributed by atoms with Crippen molar-refractivity contribution < 1.29 is 9.53 Å². The Morgan fingerprint density at radius 3 is 2.48 bits per heavy atom. The van der Waals surface area contributed by atoms with E-state index < -0.39 is 0 Å². The first kappa shape index (κ1) is 16.6. The number of ether oxygens (including phenoxy) is 1. The minimum absolute atomic E-state index is 0.133. The van der Waals surface area contributed by atoms with E-state index in [2.05, 4.69) is 15.0 Å². The first-order chi connectivity index (χ1) is 12.2. The zero-order chi connectivity index (χ0) is 17.6. The molecule has 0 aliphatic heterocycles. The number of rotatable bonds is 5. The van der Waals surface area contributed by atoms with Crippen molar-refractivity contribution >= 4 is 5.91 Å². The lowest BCUT2D eigenvalue weighted by molar-refractivity contribution is 0.0781. The van der Waals surface area contributed by atoms with Gasteiger partial charge in [-0.1, -0.05) is 12.1 Å². The number of methoxy groups -OCH3 is 1. The highest BCUT2D eigenvalue weighted by atomic mass is 16.5. The Balaban J connectivity index is 1.76. The van der Waals surface area contributed by atoms with E-state index in [9.17, 15) is 4.79 Å². The number of nitrogens with zero attached hydrogens (tertiary/aromatic N) is 4. The summed E-state index contributed by atoms with van der Waals surface area (Å²) in [5.41, 5.74) is 2.15. The van der Waals surface area contributed by atoms with E-state index >= 15 is 0 Å². The van der Waals surface area contributed by atoms with Crippen LogP contribution in [0.25, 0.3) is 11.3 Å². The average molecular weight is 334 g/mol.